The van der Waals surface area contributed by atoms with E-state index < -0.39 is 0 Å². The van der Waals surface area contributed by atoms with Crippen LogP contribution in [-0.4, -0.2) is 16.2 Å². The molecule has 2 rings (SSSR count). The van der Waals surface area contributed by atoms with E-state index in [1.54, 1.807) is 0 Å². The van der Waals surface area contributed by atoms with Gasteiger partial charge in [-0.15, -0.1) is 0 Å². The van der Waals surface area contributed by atoms with Crippen LogP contribution in [0.1, 0.15) is 37.3 Å². The smallest absolute Gasteiger partial charge is 0.145 e. The van der Waals surface area contributed by atoms with Gasteiger partial charge in [-0.25, -0.2) is 0 Å². The Kier molecular flexibility index (Phi) is 2.22. The average Bonchev–Trinajstić information content (AvgIpc) is 2.53. The molecule has 0 amide bonds. The Morgan fingerprint density at radius 2 is 2.15 bits per heavy atom. The fraction of sp³-hybridized carbons (Fsp3) is 0.667. The fourth-order valence-corrected chi connectivity index (χ4v) is 2.09. The highest BCUT2D eigenvalue weighted by molar-refractivity contribution is 5.30. The number of H-pyrrole nitrogens is 1. The zero-order valence-corrected chi connectivity index (χ0v) is 7.66. The lowest BCUT2D eigenvalue weighted by molar-refractivity contribution is 0.379. The second kappa shape index (κ2) is 3.38. The Morgan fingerprint density at radius 1 is 1.38 bits per heavy atom. The minimum absolute atomic E-state index is 0.272. The van der Waals surface area contributed by atoms with Crippen molar-refractivity contribution in [1.82, 2.24) is 10.2 Å². The number of anilines is 1. The maximum atomic E-state index is 6.03. The van der Waals surface area contributed by atoms with Crippen molar-refractivity contribution in [3.05, 3.63) is 11.8 Å². The molecule has 4 heteroatoms. The first-order chi connectivity index (χ1) is 6.27. The first kappa shape index (κ1) is 8.56. The second-order valence-corrected chi connectivity index (χ2v) is 3.80. The summed E-state index contributed by atoms with van der Waals surface area (Å²) < 4.78 is 0. The quantitative estimate of drug-likeness (QED) is 0.602. The van der Waals surface area contributed by atoms with Crippen LogP contribution in [0.25, 0.3) is 0 Å². The van der Waals surface area contributed by atoms with Crippen molar-refractivity contribution in [2.45, 2.75) is 37.6 Å². The van der Waals surface area contributed by atoms with E-state index in [2.05, 4.69) is 10.2 Å². The topological polar surface area (TPSA) is 80.7 Å². The van der Waals surface area contributed by atoms with Gasteiger partial charge in [0.15, 0.2) is 0 Å². The number of hydrogen-bond donors (Lipinski definition) is 3. The molecule has 0 radical (unpaired) electrons. The molecular formula is C9H16N4. The molecule has 1 saturated carbocycles. The normalized spacial score (nSPS) is 29.0. The van der Waals surface area contributed by atoms with E-state index in [1.165, 1.54) is 12.8 Å². The molecule has 1 fully saturated rings. The molecular weight excluding hydrogens is 164 g/mol. The van der Waals surface area contributed by atoms with Crippen LogP contribution in [0.15, 0.2) is 6.07 Å². The van der Waals surface area contributed by atoms with Crippen LogP contribution >= 0.6 is 0 Å². The molecule has 1 heterocycles. The zero-order chi connectivity index (χ0) is 9.26. The summed E-state index contributed by atoms with van der Waals surface area (Å²) in [5.41, 5.74) is 12.7. The Balaban J connectivity index is 2.14. The van der Waals surface area contributed by atoms with Crippen LogP contribution in [0, 0.1) is 0 Å². The second-order valence-electron chi connectivity index (χ2n) is 3.80. The minimum atomic E-state index is 0.272. The van der Waals surface area contributed by atoms with E-state index in [1.807, 2.05) is 6.07 Å². The molecule has 0 bridgehead atoms. The Bertz CT molecular complexity index is 281. The Labute approximate surface area is 77.7 Å². The van der Waals surface area contributed by atoms with Crippen molar-refractivity contribution in [2.24, 2.45) is 5.73 Å². The van der Waals surface area contributed by atoms with Crippen LogP contribution in [-0.2, 0) is 0 Å². The van der Waals surface area contributed by atoms with Crippen molar-refractivity contribution < 1.29 is 0 Å². The number of aromatic amines is 1. The maximum Gasteiger partial charge on any atom is 0.145 e. The van der Waals surface area contributed by atoms with Gasteiger partial charge >= 0.3 is 0 Å². The fourth-order valence-electron chi connectivity index (χ4n) is 2.09. The summed E-state index contributed by atoms with van der Waals surface area (Å²) in [4.78, 5) is 0. The first-order valence-corrected chi connectivity index (χ1v) is 4.84. The van der Waals surface area contributed by atoms with Gasteiger partial charge in [0.1, 0.15) is 5.82 Å². The van der Waals surface area contributed by atoms with Gasteiger partial charge in [0, 0.05) is 23.7 Å². The lowest BCUT2D eigenvalue weighted by Gasteiger charge is -2.27. The number of nitrogen functional groups attached to an aromatic ring is 1. The number of rotatable bonds is 1. The molecule has 0 aromatic carbocycles. The minimum Gasteiger partial charge on any atom is -0.382 e. The van der Waals surface area contributed by atoms with E-state index >= 15 is 0 Å². The molecule has 0 spiro atoms. The number of nitrogens with one attached hydrogen (secondary N) is 1. The van der Waals surface area contributed by atoms with Gasteiger partial charge in [-0.3, -0.25) is 5.10 Å². The monoisotopic (exact) mass is 180 g/mol. The largest absolute Gasteiger partial charge is 0.382 e. The number of nitrogens with two attached hydrogens (primary N) is 2. The molecule has 72 valence electrons. The van der Waals surface area contributed by atoms with E-state index in [0.29, 0.717) is 11.7 Å². The van der Waals surface area contributed by atoms with Gasteiger partial charge in [0.2, 0.25) is 0 Å². The van der Waals surface area contributed by atoms with Gasteiger partial charge < -0.3 is 11.5 Å². The Hall–Kier alpha value is -1.03. The first-order valence-electron chi connectivity index (χ1n) is 4.84. The van der Waals surface area contributed by atoms with Crippen LogP contribution in [0.4, 0.5) is 5.82 Å². The van der Waals surface area contributed by atoms with E-state index in [9.17, 15) is 0 Å². The van der Waals surface area contributed by atoms with Gasteiger partial charge in [-0.05, 0) is 12.8 Å². The predicted octanol–water partition coefficient (Wildman–Crippen LogP) is 0.977. The molecule has 1 aliphatic rings. The standard InChI is InChI=1S/C9H16N4/c10-7-4-2-1-3-6(7)8-5-9(11)13-12-8/h5-7H,1-4,10H2,(H3,11,12,13). The van der Waals surface area contributed by atoms with Gasteiger partial charge in [0.05, 0.1) is 0 Å². The van der Waals surface area contributed by atoms with Crippen molar-refractivity contribution in [2.75, 3.05) is 5.73 Å². The summed E-state index contributed by atoms with van der Waals surface area (Å²) in [6, 6.07) is 2.17. The SMILES string of the molecule is Nc1cc(C2CCCCC2N)[nH]n1. The summed E-state index contributed by atoms with van der Waals surface area (Å²) in [7, 11) is 0. The molecule has 5 N–H and O–H groups in total. The van der Waals surface area contributed by atoms with Crippen LogP contribution < -0.4 is 11.5 Å². The molecule has 4 nitrogen and oxygen atoms in total. The van der Waals surface area contributed by atoms with Crippen LogP contribution in [0.5, 0.6) is 0 Å². The third-order valence-corrected chi connectivity index (χ3v) is 2.84. The zero-order valence-electron chi connectivity index (χ0n) is 7.66. The molecule has 0 saturated heterocycles. The van der Waals surface area contributed by atoms with Crippen molar-refractivity contribution in [3.63, 3.8) is 0 Å². The average molecular weight is 180 g/mol. The summed E-state index contributed by atoms with van der Waals surface area (Å²) in [6.07, 6.45) is 4.78. The highest BCUT2D eigenvalue weighted by Crippen LogP contribution is 2.31. The van der Waals surface area contributed by atoms with E-state index in [-0.39, 0.29) is 6.04 Å². The summed E-state index contributed by atoms with van der Waals surface area (Å²) in [5, 5.41) is 6.87. The molecule has 1 aromatic heterocycles. The molecule has 1 aliphatic carbocycles. The van der Waals surface area contributed by atoms with Crippen molar-refractivity contribution in [3.8, 4) is 0 Å². The molecule has 1 aromatic rings. The van der Waals surface area contributed by atoms with Crippen LogP contribution in [0.3, 0.4) is 0 Å². The number of aromatic nitrogens is 2. The van der Waals surface area contributed by atoms with Crippen LogP contribution in [0.2, 0.25) is 0 Å². The van der Waals surface area contributed by atoms with Gasteiger partial charge in [0.25, 0.3) is 0 Å². The number of hydrogen-bond acceptors (Lipinski definition) is 3. The van der Waals surface area contributed by atoms with E-state index in [4.69, 9.17) is 11.5 Å². The maximum absolute atomic E-state index is 6.03. The molecule has 13 heavy (non-hydrogen) atoms. The highest BCUT2D eigenvalue weighted by Gasteiger charge is 2.24. The number of nitrogens with zero attached hydrogens (tertiary/aromatic N) is 1. The van der Waals surface area contributed by atoms with Crippen molar-refractivity contribution in [1.29, 1.82) is 0 Å². The highest BCUT2D eigenvalue weighted by atomic mass is 15.2. The van der Waals surface area contributed by atoms with E-state index in [0.717, 1.165) is 18.5 Å². The lowest BCUT2D eigenvalue weighted by Crippen LogP contribution is -2.31. The molecule has 2 unspecified atom stereocenters. The third-order valence-electron chi connectivity index (χ3n) is 2.84. The molecule has 0 aliphatic heterocycles. The molecule has 2 atom stereocenters. The van der Waals surface area contributed by atoms with Crippen molar-refractivity contribution >= 4 is 5.82 Å². The summed E-state index contributed by atoms with van der Waals surface area (Å²) >= 11 is 0. The Morgan fingerprint density at radius 3 is 2.77 bits per heavy atom. The van der Waals surface area contributed by atoms with Gasteiger partial charge in [-0.2, -0.15) is 5.10 Å². The van der Waals surface area contributed by atoms with Gasteiger partial charge in [-0.1, -0.05) is 12.8 Å². The summed E-state index contributed by atoms with van der Waals surface area (Å²) in [6.45, 7) is 0. The summed E-state index contributed by atoms with van der Waals surface area (Å²) in [5.74, 6) is 0.992. The lowest BCUT2D eigenvalue weighted by atomic mass is 9.83. The predicted molar refractivity (Wildman–Crippen MR) is 52.2 cm³/mol. The third kappa shape index (κ3) is 1.67.